The summed E-state index contributed by atoms with van der Waals surface area (Å²) in [6.07, 6.45) is -2.29. The van der Waals surface area contributed by atoms with Crippen molar-refractivity contribution in [3.63, 3.8) is 0 Å². The molecular formula is C26H53NO9. The number of rotatable bonds is 13. The van der Waals surface area contributed by atoms with Gasteiger partial charge in [0.1, 0.15) is 30.5 Å². The first-order valence-electron chi connectivity index (χ1n) is 12.9. The lowest BCUT2D eigenvalue weighted by Crippen LogP contribution is -2.60. The fourth-order valence-corrected chi connectivity index (χ4v) is 4.43. The van der Waals surface area contributed by atoms with E-state index in [-0.39, 0.29) is 60.6 Å². The number of nitrogens with one attached hydrogen (secondary N) is 1. The van der Waals surface area contributed by atoms with Crippen LogP contribution in [0, 0.1) is 5.92 Å². The number of hydrogen-bond donors (Lipinski definition) is 4. The van der Waals surface area contributed by atoms with E-state index in [2.05, 4.69) is 12.2 Å². The van der Waals surface area contributed by atoms with E-state index in [4.69, 9.17) is 28.8 Å². The minimum absolute atomic E-state index is 0.0482. The average molecular weight is 524 g/mol. The smallest absolute Gasteiger partial charge is 0.217 e. The van der Waals surface area contributed by atoms with E-state index in [0.717, 1.165) is 0 Å². The molecular weight excluding hydrogens is 470 g/mol. The van der Waals surface area contributed by atoms with Crippen molar-refractivity contribution in [1.29, 1.82) is 0 Å². The number of carbonyl (C=O) groups excluding carboxylic acids is 1. The molecule has 36 heavy (non-hydrogen) atoms. The van der Waals surface area contributed by atoms with Crippen LogP contribution in [0.5, 0.6) is 0 Å². The number of hydrogen-bond acceptors (Lipinski definition) is 9. The summed E-state index contributed by atoms with van der Waals surface area (Å²) in [5.74, 6) is 0.0368. The molecule has 10 nitrogen and oxygen atoms in total. The molecule has 216 valence electrons. The zero-order valence-corrected chi connectivity index (χ0v) is 24.2. The molecule has 4 N–H and O–H groups in total. The fraction of sp³-hybridized carbons (Fsp3) is 0.962. The molecule has 1 aliphatic heterocycles. The van der Waals surface area contributed by atoms with Crippen LogP contribution in [0.1, 0.15) is 68.7 Å². The predicted molar refractivity (Wildman–Crippen MR) is 138 cm³/mol. The first-order chi connectivity index (χ1) is 16.7. The monoisotopic (exact) mass is 523 g/mol. The minimum atomic E-state index is -1.06. The van der Waals surface area contributed by atoms with Gasteiger partial charge in [0.15, 0.2) is 0 Å². The lowest BCUT2D eigenvalue weighted by atomic mass is 9.80. The highest BCUT2D eigenvalue weighted by Crippen LogP contribution is 2.37. The first-order valence-corrected chi connectivity index (χ1v) is 12.9. The van der Waals surface area contributed by atoms with Crippen LogP contribution in [0.25, 0.3) is 0 Å². The second-order valence-corrected chi connectivity index (χ2v) is 10.4. The van der Waals surface area contributed by atoms with E-state index in [1.54, 1.807) is 7.11 Å². The topological polar surface area (TPSA) is 136 Å². The number of aliphatic hydroxyl groups excluding tert-OH is 3. The highest BCUT2D eigenvalue weighted by Gasteiger charge is 2.48. The number of amides is 1. The normalized spacial score (nSPS) is 27.1. The van der Waals surface area contributed by atoms with Gasteiger partial charge >= 0.3 is 0 Å². The molecule has 0 saturated carbocycles. The Morgan fingerprint density at radius 1 is 1.06 bits per heavy atom. The molecule has 1 fully saturated rings. The van der Waals surface area contributed by atoms with Crippen molar-refractivity contribution in [2.24, 2.45) is 5.92 Å². The van der Waals surface area contributed by atoms with Gasteiger partial charge in [0.25, 0.3) is 0 Å². The van der Waals surface area contributed by atoms with Gasteiger partial charge < -0.3 is 44.3 Å². The quantitative estimate of drug-likeness (QED) is 0.284. The zero-order valence-electron chi connectivity index (χ0n) is 24.2. The maximum atomic E-state index is 11.2. The Hall–Kier alpha value is -0.850. The van der Waals surface area contributed by atoms with Gasteiger partial charge in [0.2, 0.25) is 5.91 Å². The molecule has 1 saturated heterocycles. The van der Waals surface area contributed by atoms with Crippen molar-refractivity contribution in [1.82, 2.24) is 5.32 Å². The largest absolute Gasteiger partial charge is 0.394 e. The van der Waals surface area contributed by atoms with Crippen LogP contribution < -0.4 is 5.32 Å². The molecule has 4 unspecified atom stereocenters. The lowest BCUT2D eigenvalue weighted by molar-refractivity contribution is -0.262. The summed E-state index contributed by atoms with van der Waals surface area (Å²) in [5, 5.41) is 31.2. The molecule has 0 bridgehead atoms. The van der Waals surface area contributed by atoms with E-state index < -0.39 is 24.9 Å². The first kappa shape index (κ1) is 35.2. The summed E-state index contributed by atoms with van der Waals surface area (Å²) >= 11 is 0. The van der Waals surface area contributed by atoms with Crippen LogP contribution >= 0.6 is 0 Å². The highest BCUT2D eigenvalue weighted by molar-refractivity contribution is 5.73. The summed E-state index contributed by atoms with van der Waals surface area (Å²) in [7, 11) is 3.18. The third-order valence-corrected chi connectivity index (χ3v) is 6.43. The molecule has 1 amide bonds. The van der Waals surface area contributed by atoms with Crippen LogP contribution in [0.15, 0.2) is 0 Å². The second kappa shape index (κ2) is 16.9. The standard InChI is InChI=1S/C13H27NO5.C13H26O4/c1-6-10(14-9(4)16)12(18-5)13(11(17)7-15)19-8(2)3;1-8(2)16-12-10(7-14)17-13(4,5)9(3)11(12)15-6/h8,10-13,15,17H,6-7H2,1-5H3,(H,14,16);8-12,14H,7H2,1-6H3/t10-,11?,12?,13-;9-,10?,11?,12+/m10/s1. The van der Waals surface area contributed by atoms with Gasteiger partial charge in [0, 0.05) is 27.1 Å². The fourth-order valence-electron chi connectivity index (χ4n) is 4.43. The molecule has 0 radical (unpaired) electrons. The molecule has 0 aromatic rings. The lowest BCUT2D eigenvalue weighted by Gasteiger charge is -2.49. The van der Waals surface area contributed by atoms with Crippen LogP contribution in [0.2, 0.25) is 0 Å². The Morgan fingerprint density at radius 3 is 2.00 bits per heavy atom. The zero-order chi connectivity index (χ0) is 28.2. The van der Waals surface area contributed by atoms with E-state index in [1.807, 2.05) is 48.5 Å². The molecule has 0 aromatic heterocycles. The van der Waals surface area contributed by atoms with Gasteiger partial charge in [-0.3, -0.25) is 4.79 Å². The van der Waals surface area contributed by atoms with Gasteiger partial charge in [-0.2, -0.15) is 0 Å². The summed E-state index contributed by atoms with van der Waals surface area (Å²) in [6, 6.07) is -0.285. The molecule has 1 rings (SSSR count). The third-order valence-electron chi connectivity index (χ3n) is 6.43. The van der Waals surface area contributed by atoms with Gasteiger partial charge in [-0.15, -0.1) is 0 Å². The van der Waals surface area contributed by atoms with Gasteiger partial charge in [-0.05, 0) is 48.0 Å². The summed E-state index contributed by atoms with van der Waals surface area (Å²) in [4.78, 5) is 11.2. The summed E-state index contributed by atoms with van der Waals surface area (Å²) in [5.41, 5.74) is -0.315. The van der Waals surface area contributed by atoms with Crippen LogP contribution in [-0.4, -0.2) is 109 Å². The Kier molecular flexibility index (Phi) is 16.5. The second-order valence-electron chi connectivity index (χ2n) is 10.4. The van der Waals surface area contributed by atoms with Crippen LogP contribution in [0.4, 0.5) is 0 Å². The van der Waals surface area contributed by atoms with E-state index in [9.17, 15) is 15.0 Å². The van der Waals surface area contributed by atoms with Crippen molar-refractivity contribution >= 4 is 5.91 Å². The molecule has 0 aliphatic carbocycles. The van der Waals surface area contributed by atoms with Crippen molar-refractivity contribution < 1.29 is 43.8 Å². The number of carbonyl (C=O) groups is 1. The van der Waals surface area contributed by atoms with Crippen molar-refractivity contribution in [3.05, 3.63) is 0 Å². The number of methoxy groups -OCH3 is 2. The van der Waals surface area contributed by atoms with E-state index in [0.29, 0.717) is 6.42 Å². The van der Waals surface area contributed by atoms with Crippen molar-refractivity contribution in [2.45, 2.75) is 129 Å². The molecule has 0 aromatic carbocycles. The summed E-state index contributed by atoms with van der Waals surface area (Å²) < 4.78 is 28.4. The Balaban J connectivity index is 0.000000684. The van der Waals surface area contributed by atoms with E-state index in [1.165, 1.54) is 14.0 Å². The van der Waals surface area contributed by atoms with Gasteiger partial charge in [0.05, 0.1) is 43.2 Å². The molecule has 1 aliphatic rings. The summed E-state index contributed by atoms with van der Waals surface area (Å²) in [6.45, 7) is 16.6. The Morgan fingerprint density at radius 2 is 1.64 bits per heavy atom. The number of aliphatic hydroxyl groups is 3. The van der Waals surface area contributed by atoms with E-state index >= 15 is 0 Å². The SMILES string of the molecule is CC[C@@H](NC(C)=O)C(OC)[C@H](OC(C)C)C(O)CO.COC1[C@H](OC(C)C)C(CO)OC(C)(C)[C@H]1C. The Labute approximate surface area is 218 Å². The molecule has 1 heterocycles. The molecule has 8 atom stereocenters. The van der Waals surface area contributed by atoms with Crippen molar-refractivity contribution in [2.75, 3.05) is 27.4 Å². The maximum Gasteiger partial charge on any atom is 0.217 e. The van der Waals surface area contributed by atoms with Gasteiger partial charge in [-0.1, -0.05) is 13.8 Å². The van der Waals surface area contributed by atoms with Crippen LogP contribution in [0.3, 0.4) is 0 Å². The maximum absolute atomic E-state index is 11.2. The third kappa shape index (κ3) is 10.9. The number of ether oxygens (including phenoxy) is 5. The molecule has 0 spiro atoms. The van der Waals surface area contributed by atoms with Gasteiger partial charge in [-0.25, -0.2) is 0 Å². The molecule has 10 heteroatoms. The van der Waals surface area contributed by atoms with Crippen LogP contribution in [-0.2, 0) is 28.5 Å². The predicted octanol–water partition coefficient (Wildman–Crippen LogP) is 1.66. The minimum Gasteiger partial charge on any atom is -0.394 e. The highest BCUT2D eigenvalue weighted by atomic mass is 16.6. The average Bonchev–Trinajstić information content (AvgIpc) is 2.79. The Bertz CT molecular complexity index is 602. The van der Waals surface area contributed by atoms with Crippen molar-refractivity contribution in [3.8, 4) is 0 Å².